The molecule has 0 aliphatic heterocycles. The summed E-state index contributed by atoms with van der Waals surface area (Å²) in [6.07, 6.45) is -2.53. The average Bonchev–Trinajstić information content (AvgIpc) is 3.03. The largest absolute Gasteiger partial charge is 0.491 e. The number of hydrogen-bond donors (Lipinski definition) is 4. The second-order valence-corrected chi connectivity index (χ2v) is 10.2. The van der Waals surface area contributed by atoms with Gasteiger partial charge in [0.2, 0.25) is 11.8 Å². The van der Waals surface area contributed by atoms with Gasteiger partial charge >= 0.3 is 18.1 Å². The van der Waals surface area contributed by atoms with Gasteiger partial charge in [-0.1, -0.05) is 60.7 Å². The Bertz CT molecular complexity index is 1390. The van der Waals surface area contributed by atoms with E-state index in [1.54, 1.807) is 36.5 Å². The lowest BCUT2D eigenvalue weighted by atomic mass is 9.98. The first-order valence-corrected chi connectivity index (χ1v) is 14.5. The number of nitrogens with two attached hydrogens (primary N) is 1. The van der Waals surface area contributed by atoms with E-state index in [0.29, 0.717) is 31.4 Å². The summed E-state index contributed by atoms with van der Waals surface area (Å²) in [5.41, 5.74) is 7.73. The first-order valence-electron chi connectivity index (χ1n) is 14.5. The number of carbonyl (C=O) groups excluding carboxylic acids is 4. The third-order valence-electron chi connectivity index (χ3n) is 6.70. The highest BCUT2D eigenvalue weighted by atomic mass is 19.4. The first-order chi connectivity index (χ1) is 21.6. The Morgan fingerprint density at radius 3 is 2.18 bits per heavy atom. The summed E-state index contributed by atoms with van der Waals surface area (Å²) in [5.74, 6) is -4.45. The molecule has 0 saturated heterocycles. The van der Waals surface area contributed by atoms with Gasteiger partial charge in [-0.3, -0.25) is 14.4 Å². The van der Waals surface area contributed by atoms with Crippen LogP contribution in [0.2, 0.25) is 0 Å². The Hall–Kier alpha value is -4.78. The lowest BCUT2D eigenvalue weighted by Crippen LogP contribution is -2.48. The van der Waals surface area contributed by atoms with Crippen LogP contribution in [0, 0.1) is 0 Å². The summed E-state index contributed by atoms with van der Waals surface area (Å²) in [7, 11) is 0. The number of carbonyl (C=O) groups is 4. The molecule has 5 N–H and O–H groups in total. The number of aromatic nitrogens is 1. The molecule has 0 bridgehead atoms. The van der Waals surface area contributed by atoms with Gasteiger partial charge < -0.3 is 26.4 Å². The van der Waals surface area contributed by atoms with Crippen LogP contribution in [0.25, 0.3) is 11.1 Å². The van der Waals surface area contributed by atoms with Crippen molar-refractivity contribution in [3.8, 4) is 11.1 Å². The molecule has 3 aromatic rings. The number of anilines is 1. The van der Waals surface area contributed by atoms with E-state index in [4.69, 9.17) is 5.73 Å². The standard InChI is InChI=1S/C32H36F3N5O5/c33-32(34,35)31(44)45-29(42)21-26(24-16-14-23(15-17-24)22-9-2-1-3-10-22)40-30(43)25(11-8-18-36)39-28(41)13-5-7-20-38-27-12-4-6-19-37-27/h1-4,6,9-10,12,14-17,19,25-26H,5,7-8,11,13,18,20-21,36H2,(H,37,38)(H,39,41)(H,40,43)/t25-,26?/m1/s1. The fourth-order valence-corrected chi connectivity index (χ4v) is 4.38. The third kappa shape index (κ3) is 12.0. The van der Waals surface area contributed by atoms with Crippen LogP contribution in [-0.4, -0.2) is 54.0 Å². The van der Waals surface area contributed by atoms with Crippen molar-refractivity contribution in [3.05, 3.63) is 84.6 Å². The lowest BCUT2D eigenvalue weighted by molar-refractivity contribution is -0.202. The SMILES string of the molecule is NCCC[C@@H](NC(=O)CCCCNc1ccccn1)C(=O)NC(CC(=O)OC(=O)C(F)(F)F)c1ccc(-c2ccccc2)cc1. The van der Waals surface area contributed by atoms with Crippen molar-refractivity contribution in [1.29, 1.82) is 0 Å². The maximum absolute atomic E-state index is 13.4. The van der Waals surface area contributed by atoms with Crippen LogP contribution in [0.5, 0.6) is 0 Å². The minimum Gasteiger partial charge on any atom is -0.386 e. The molecular weight excluding hydrogens is 591 g/mol. The predicted octanol–water partition coefficient (Wildman–Crippen LogP) is 4.43. The van der Waals surface area contributed by atoms with Gasteiger partial charge in [-0.25, -0.2) is 9.78 Å². The molecule has 0 spiro atoms. The maximum atomic E-state index is 13.4. The number of benzene rings is 2. The second-order valence-electron chi connectivity index (χ2n) is 10.2. The number of esters is 2. The van der Waals surface area contributed by atoms with E-state index in [0.717, 1.165) is 16.9 Å². The highest BCUT2D eigenvalue weighted by Crippen LogP contribution is 2.25. The number of unbranched alkanes of at least 4 members (excludes halogenated alkanes) is 1. The Labute approximate surface area is 258 Å². The van der Waals surface area contributed by atoms with Gasteiger partial charge in [-0.2, -0.15) is 13.2 Å². The Morgan fingerprint density at radius 2 is 1.53 bits per heavy atom. The molecule has 3 rings (SSSR count). The monoisotopic (exact) mass is 627 g/mol. The second kappa shape index (κ2) is 17.5. The number of ether oxygens (including phenoxy) is 1. The third-order valence-corrected chi connectivity index (χ3v) is 6.70. The number of alkyl halides is 3. The van der Waals surface area contributed by atoms with E-state index in [1.165, 1.54) is 0 Å². The molecular formula is C32H36F3N5O5. The summed E-state index contributed by atoms with van der Waals surface area (Å²) in [5, 5.41) is 8.48. The topological polar surface area (TPSA) is 153 Å². The normalized spacial score (nSPS) is 12.4. The quantitative estimate of drug-likeness (QED) is 0.103. The van der Waals surface area contributed by atoms with Crippen LogP contribution in [0.3, 0.4) is 0 Å². The molecule has 1 aromatic heterocycles. The van der Waals surface area contributed by atoms with Crippen LogP contribution in [0.1, 0.15) is 50.1 Å². The van der Waals surface area contributed by atoms with Gasteiger partial charge in [-0.05, 0) is 61.1 Å². The fraction of sp³-hybridized carbons (Fsp3) is 0.344. The van der Waals surface area contributed by atoms with Crippen LogP contribution >= 0.6 is 0 Å². The van der Waals surface area contributed by atoms with E-state index in [2.05, 4.69) is 25.7 Å². The minimum atomic E-state index is -5.36. The van der Waals surface area contributed by atoms with Crippen molar-refractivity contribution >= 4 is 29.6 Å². The zero-order chi connectivity index (χ0) is 32.7. The number of pyridine rings is 1. The van der Waals surface area contributed by atoms with E-state index in [1.807, 2.05) is 42.5 Å². The van der Waals surface area contributed by atoms with Gasteiger partial charge in [0.05, 0.1) is 12.5 Å². The lowest BCUT2D eigenvalue weighted by Gasteiger charge is -2.24. The number of amides is 2. The van der Waals surface area contributed by atoms with Gasteiger partial charge in [-0.15, -0.1) is 0 Å². The molecule has 1 unspecified atom stereocenters. The van der Waals surface area contributed by atoms with E-state index in [-0.39, 0.29) is 25.3 Å². The summed E-state index contributed by atoms with van der Waals surface area (Å²) in [6, 6.07) is 19.3. The number of nitrogens with zero attached hydrogens (tertiary/aromatic N) is 1. The molecule has 45 heavy (non-hydrogen) atoms. The number of rotatable bonds is 16. The Kier molecular flexibility index (Phi) is 13.5. The molecule has 13 heteroatoms. The fourth-order valence-electron chi connectivity index (χ4n) is 4.38. The van der Waals surface area contributed by atoms with E-state index in [9.17, 15) is 32.3 Å². The maximum Gasteiger partial charge on any atom is 0.491 e. The Balaban J connectivity index is 1.67. The molecule has 0 radical (unpaired) electrons. The van der Waals surface area contributed by atoms with E-state index >= 15 is 0 Å². The van der Waals surface area contributed by atoms with Crippen molar-refractivity contribution < 1.29 is 37.1 Å². The van der Waals surface area contributed by atoms with Crippen LogP contribution in [0.4, 0.5) is 19.0 Å². The highest BCUT2D eigenvalue weighted by Gasteiger charge is 2.42. The summed E-state index contributed by atoms with van der Waals surface area (Å²) < 4.78 is 42.0. The molecule has 10 nitrogen and oxygen atoms in total. The van der Waals surface area contributed by atoms with Crippen molar-refractivity contribution in [1.82, 2.24) is 15.6 Å². The molecule has 0 aliphatic carbocycles. The van der Waals surface area contributed by atoms with Crippen LogP contribution in [-0.2, 0) is 23.9 Å². The van der Waals surface area contributed by atoms with Gasteiger partial charge in [0.25, 0.3) is 0 Å². The van der Waals surface area contributed by atoms with Crippen molar-refractivity contribution in [2.45, 2.75) is 56.8 Å². The zero-order valence-electron chi connectivity index (χ0n) is 24.5. The summed E-state index contributed by atoms with van der Waals surface area (Å²) in [6.45, 7) is 0.841. The molecule has 0 saturated carbocycles. The minimum absolute atomic E-state index is 0.145. The first kappa shape index (κ1) is 34.7. The molecule has 240 valence electrons. The molecule has 2 aromatic carbocycles. The smallest absolute Gasteiger partial charge is 0.386 e. The molecule has 0 aliphatic rings. The summed E-state index contributed by atoms with van der Waals surface area (Å²) in [4.78, 5) is 53.8. The van der Waals surface area contributed by atoms with Crippen LogP contribution < -0.4 is 21.7 Å². The average molecular weight is 628 g/mol. The highest BCUT2D eigenvalue weighted by molar-refractivity contribution is 5.90. The van der Waals surface area contributed by atoms with Gasteiger partial charge in [0, 0.05) is 19.2 Å². The van der Waals surface area contributed by atoms with Gasteiger partial charge in [0.1, 0.15) is 11.9 Å². The van der Waals surface area contributed by atoms with Crippen LogP contribution in [0.15, 0.2) is 79.0 Å². The van der Waals surface area contributed by atoms with Crippen molar-refractivity contribution in [2.75, 3.05) is 18.4 Å². The van der Waals surface area contributed by atoms with E-state index < -0.39 is 42.5 Å². The number of hydrogen-bond acceptors (Lipinski definition) is 8. The number of halogens is 3. The molecule has 0 fully saturated rings. The molecule has 2 amide bonds. The number of nitrogens with one attached hydrogen (secondary N) is 3. The summed E-state index contributed by atoms with van der Waals surface area (Å²) >= 11 is 0. The Morgan fingerprint density at radius 1 is 0.844 bits per heavy atom. The van der Waals surface area contributed by atoms with Crippen molar-refractivity contribution in [2.24, 2.45) is 5.73 Å². The predicted molar refractivity (Wildman–Crippen MR) is 161 cm³/mol. The van der Waals surface area contributed by atoms with Crippen molar-refractivity contribution in [3.63, 3.8) is 0 Å². The zero-order valence-corrected chi connectivity index (χ0v) is 24.5. The molecule has 2 atom stereocenters. The molecule has 1 heterocycles. The van der Waals surface area contributed by atoms with Gasteiger partial charge in [0.15, 0.2) is 0 Å².